The van der Waals surface area contributed by atoms with Gasteiger partial charge in [0.15, 0.2) is 0 Å². The van der Waals surface area contributed by atoms with Crippen LogP contribution in [0.3, 0.4) is 0 Å². The molecule has 0 aromatic heterocycles. The molecular weight excluding hydrogens is 347 g/mol. The van der Waals surface area contributed by atoms with Crippen LogP contribution in [0.4, 0.5) is 0 Å². The van der Waals surface area contributed by atoms with Gasteiger partial charge in [-0.25, -0.2) is 0 Å². The largest absolute Gasteiger partial charge is 0.497 e. The molecule has 0 aliphatic heterocycles. The summed E-state index contributed by atoms with van der Waals surface area (Å²) in [5, 5.41) is 1.25. The Kier molecular flexibility index (Phi) is 6.95. The summed E-state index contributed by atoms with van der Waals surface area (Å²) in [6.45, 7) is 0. The Bertz CT molecular complexity index is 654. The molecule has 2 aromatic rings. The van der Waals surface area contributed by atoms with Crippen molar-refractivity contribution >= 4 is 29.0 Å². The Morgan fingerprint density at radius 2 is 1.25 bits per heavy atom. The lowest BCUT2D eigenvalue weighted by molar-refractivity contribution is -0.119. The van der Waals surface area contributed by atoms with Crippen molar-refractivity contribution in [2.45, 2.75) is 25.7 Å². The molecule has 0 aliphatic rings. The van der Waals surface area contributed by atoms with E-state index < -0.39 is 0 Å². The van der Waals surface area contributed by atoms with E-state index in [1.807, 2.05) is 24.3 Å². The lowest BCUT2D eigenvalue weighted by Crippen LogP contribution is -2.03. The molecule has 0 amide bonds. The molecule has 0 atom stereocenters. The lowest BCUT2D eigenvalue weighted by Gasteiger charge is -2.08. The van der Waals surface area contributed by atoms with E-state index >= 15 is 0 Å². The Labute approximate surface area is 152 Å². The molecule has 0 unspecified atom stereocenters. The Morgan fingerprint density at radius 3 is 1.58 bits per heavy atom. The van der Waals surface area contributed by atoms with E-state index in [-0.39, 0.29) is 5.78 Å². The van der Waals surface area contributed by atoms with Crippen LogP contribution in [-0.4, -0.2) is 20.0 Å². The number of carbonyl (C=O) groups is 1. The molecule has 24 heavy (non-hydrogen) atoms. The van der Waals surface area contributed by atoms with E-state index in [0.717, 1.165) is 11.1 Å². The number of methoxy groups -OCH3 is 2. The van der Waals surface area contributed by atoms with E-state index in [0.29, 0.717) is 47.2 Å². The normalized spacial score (nSPS) is 10.5. The molecule has 0 aliphatic carbocycles. The summed E-state index contributed by atoms with van der Waals surface area (Å²) in [4.78, 5) is 12.1. The van der Waals surface area contributed by atoms with Gasteiger partial charge >= 0.3 is 0 Å². The van der Waals surface area contributed by atoms with Crippen LogP contribution in [0.5, 0.6) is 11.5 Å². The quantitative estimate of drug-likeness (QED) is 0.648. The highest BCUT2D eigenvalue weighted by atomic mass is 35.5. The topological polar surface area (TPSA) is 35.5 Å². The number of aryl methyl sites for hydroxylation is 2. The second-order valence-electron chi connectivity index (χ2n) is 5.45. The second kappa shape index (κ2) is 8.95. The summed E-state index contributed by atoms with van der Waals surface area (Å²) in [6, 6.07) is 11.0. The van der Waals surface area contributed by atoms with Crippen LogP contribution < -0.4 is 9.47 Å². The van der Waals surface area contributed by atoms with Crippen LogP contribution in [0, 0.1) is 0 Å². The van der Waals surface area contributed by atoms with Gasteiger partial charge in [-0.3, -0.25) is 4.79 Å². The molecule has 0 spiro atoms. The summed E-state index contributed by atoms with van der Waals surface area (Å²) in [5.41, 5.74) is 1.90. The zero-order valence-electron chi connectivity index (χ0n) is 13.8. The number of benzene rings is 2. The molecule has 2 rings (SSSR count). The Balaban J connectivity index is 1.85. The van der Waals surface area contributed by atoms with Crippen molar-refractivity contribution in [1.82, 2.24) is 0 Å². The molecule has 2 aromatic carbocycles. The van der Waals surface area contributed by atoms with E-state index in [2.05, 4.69) is 0 Å². The van der Waals surface area contributed by atoms with Crippen LogP contribution >= 0.6 is 23.2 Å². The van der Waals surface area contributed by atoms with Crippen molar-refractivity contribution in [2.75, 3.05) is 14.2 Å². The van der Waals surface area contributed by atoms with Crippen LogP contribution in [0.2, 0.25) is 10.0 Å². The molecule has 0 radical (unpaired) electrons. The van der Waals surface area contributed by atoms with Crippen molar-refractivity contribution in [3.63, 3.8) is 0 Å². The van der Waals surface area contributed by atoms with Crippen molar-refractivity contribution in [3.05, 3.63) is 57.6 Å². The highest BCUT2D eigenvalue weighted by Crippen LogP contribution is 2.25. The monoisotopic (exact) mass is 366 g/mol. The highest BCUT2D eigenvalue weighted by Gasteiger charge is 2.09. The van der Waals surface area contributed by atoms with Crippen molar-refractivity contribution in [1.29, 1.82) is 0 Å². The molecule has 0 saturated carbocycles. The van der Waals surface area contributed by atoms with Crippen LogP contribution in [0.25, 0.3) is 0 Å². The van der Waals surface area contributed by atoms with E-state index in [1.165, 1.54) is 0 Å². The first-order chi connectivity index (χ1) is 11.5. The molecule has 5 heteroatoms. The van der Waals surface area contributed by atoms with Gasteiger partial charge in [0.05, 0.1) is 14.2 Å². The maximum atomic E-state index is 12.1. The fourth-order valence-corrected chi connectivity index (χ4v) is 2.92. The van der Waals surface area contributed by atoms with Crippen molar-refractivity contribution in [3.8, 4) is 11.5 Å². The van der Waals surface area contributed by atoms with Gasteiger partial charge < -0.3 is 9.47 Å². The predicted molar refractivity (Wildman–Crippen MR) is 97.7 cm³/mol. The average molecular weight is 367 g/mol. The van der Waals surface area contributed by atoms with Gasteiger partial charge in [-0.2, -0.15) is 0 Å². The van der Waals surface area contributed by atoms with Gasteiger partial charge in [-0.15, -0.1) is 0 Å². The summed E-state index contributed by atoms with van der Waals surface area (Å²) >= 11 is 12.4. The maximum absolute atomic E-state index is 12.1. The minimum atomic E-state index is 0.189. The number of ether oxygens (including phenoxy) is 2. The first-order valence-electron chi connectivity index (χ1n) is 7.70. The van der Waals surface area contributed by atoms with Gasteiger partial charge in [-0.1, -0.05) is 35.3 Å². The van der Waals surface area contributed by atoms with E-state index in [9.17, 15) is 4.79 Å². The number of carbonyl (C=O) groups excluding carboxylic acids is 1. The fourth-order valence-electron chi connectivity index (χ4n) is 2.39. The molecule has 3 nitrogen and oxygen atoms in total. The SMILES string of the molecule is COc1ccc(CCC(=O)CCc2ccc(OC)cc2Cl)c(Cl)c1. The highest BCUT2D eigenvalue weighted by molar-refractivity contribution is 6.31. The van der Waals surface area contributed by atoms with Gasteiger partial charge in [-0.05, 0) is 48.2 Å². The molecule has 0 fully saturated rings. The Morgan fingerprint density at radius 1 is 0.833 bits per heavy atom. The van der Waals surface area contributed by atoms with Crippen molar-refractivity contribution in [2.24, 2.45) is 0 Å². The van der Waals surface area contributed by atoms with Gasteiger partial charge in [0.2, 0.25) is 0 Å². The summed E-state index contributed by atoms with van der Waals surface area (Å²) in [7, 11) is 3.19. The lowest BCUT2D eigenvalue weighted by atomic mass is 10.0. The number of Topliss-reactive ketones (excluding diaryl/α,β-unsaturated/α-hetero) is 1. The second-order valence-corrected chi connectivity index (χ2v) is 6.27. The van der Waals surface area contributed by atoms with Crippen LogP contribution in [-0.2, 0) is 17.6 Å². The molecular formula is C19H20Cl2O3. The standard InChI is InChI=1S/C19H20Cl2O3/c1-23-16-9-5-13(18(20)11-16)3-7-15(22)8-4-14-6-10-17(24-2)12-19(14)21/h5-6,9-12H,3-4,7-8H2,1-2H3. The minimum Gasteiger partial charge on any atom is -0.497 e. The van der Waals surface area contributed by atoms with Crippen LogP contribution in [0.15, 0.2) is 36.4 Å². The summed E-state index contributed by atoms with van der Waals surface area (Å²) in [5.74, 6) is 1.61. The Hall–Kier alpha value is -1.71. The number of hydrogen-bond donors (Lipinski definition) is 0. The smallest absolute Gasteiger partial charge is 0.133 e. The molecule has 128 valence electrons. The van der Waals surface area contributed by atoms with Gasteiger partial charge in [0.25, 0.3) is 0 Å². The fraction of sp³-hybridized carbons (Fsp3) is 0.316. The zero-order chi connectivity index (χ0) is 17.5. The molecule has 0 heterocycles. The number of hydrogen-bond acceptors (Lipinski definition) is 3. The molecule has 0 saturated heterocycles. The molecule has 0 bridgehead atoms. The first-order valence-corrected chi connectivity index (χ1v) is 8.45. The number of rotatable bonds is 8. The number of ketones is 1. The summed E-state index contributed by atoms with van der Waals surface area (Å²) < 4.78 is 10.2. The van der Waals surface area contributed by atoms with Crippen LogP contribution in [0.1, 0.15) is 24.0 Å². The summed E-state index contributed by atoms with van der Waals surface area (Å²) in [6.07, 6.45) is 2.16. The minimum absolute atomic E-state index is 0.189. The third-order valence-corrected chi connectivity index (χ3v) is 4.57. The first kappa shape index (κ1) is 18.6. The average Bonchev–Trinajstić information content (AvgIpc) is 2.59. The third-order valence-electron chi connectivity index (χ3n) is 3.87. The zero-order valence-corrected chi connectivity index (χ0v) is 15.3. The van der Waals surface area contributed by atoms with Gasteiger partial charge in [0, 0.05) is 22.9 Å². The van der Waals surface area contributed by atoms with Crippen molar-refractivity contribution < 1.29 is 14.3 Å². The predicted octanol–water partition coefficient (Wildman–Crippen LogP) is 5.15. The van der Waals surface area contributed by atoms with Gasteiger partial charge in [0.1, 0.15) is 17.3 Å². The number of halogens is 2. The van der Waals surface area contributed by atoms with E-state index in [4.69, 9.17) is 32.7 Å². The third kappa shape index (κ3) is 5.15. The van der Waals surface area contributed by atoms with E-state index in [1.54, 1.807) is 26.4 Å². The molecule has 0 N–H and O–H groups in total. The maximum Gasteiger partial charge on any atom is 0.133 e.